The van der Waals surface area contributed by atoms with Gasteiger partial charge in [0, 0.05) is 11.9 Å². The van der Waals surface area contributed by atoms with Crippen LogP contribution in [0.4, 0.5) is 0 Å². The van der Waals surface area contributed by atoms with Crippen LogP contribution in [0.2, 0.25) is 0 Å². The van der Waals surface area contributed by atoms with Crippen molar-refractivity contribution in [3.63, 3.8) is 0 Å². The molecule has 1 amide bonds. The number of carbonyl (C=O) groups excluding carboxylic acids is 1. The number of aromatic nitrogens is 5. The molecular weight excluding hydrogens is 328 g/mol. The van der Waals surface area contributed by atoms with Crippen LogP contribution in [0.5, 0.6) is 0 Å². The Hall–Kier alpha value is -3.48. The first kappa shape index (κ1) is 18.9. The summed E-state index contributed by atoms with van der Waals surface area (Å²) >= 11 is 0. The lowest BCUT2D eigenvalue weighted by Crippen LogP contribution is -2.22. The summed E-state index contributed by atoms with van der Waals surface area (Å²) in [6, 6.07) is 0. The predicted molar refractivity (Wildman–Crippen MR) is 104 cm³/mol. The van der Waals surface area contributed by atoms with Crippen molar-refractivity contribution in [2.75, 3.05) is 0 Å². The van der Waals surface area contributed by atoms with E-state index in [-0.39, 0.29) is 5.91 Å². The second-order valence-electron chi connectivity index (χ2n) is 5.24. The maximum Gasteiger partial charge on any atom is 0.259 e. The van der Waals surface area contributed by atoms with E-state index in [0.29, 0.717) is 22.7 Å². The van der Waals surface area contributed by atoms with E-state index in [4.69, 9.17) is 0 Å². The van der Waals surface area contributed by atoms with Gasteiger partial charge >= 0.3 is 0 Å². The van der Waals surface area contributed by atoms with Gasteiger partial charge in [0.2, 0.25) is 0 Å². The van der Waals surface area contributed by atoms with Gasteiger partial charge in [-0.2, -0.15) is 20.1 Å². The zero-order valence-corrected chi connectivity index (χ0v) is 15.1. The number of carbonyl (C=O) groups is 1. The predicted octanol–water partition coefficient (Wildman–Crippen LogP) is 3.36. The minimum absolute atomic E-state index is 0.289. The molecule has 0 spiro atoms. The van der Waals surface area contributed by atoms with Crippen LogP contribution in [0.1, 0.15) is 36.8 Å². The molecule has 0 aliphatic heterocycles. The minimum atomic E-state index is -0.289. The van der Waals surface area contributed by atoms with Gasteiger partial charge in [0.05, 0.1) is 35.5 Å². The van der Waals surface area contributed by atoms with Gasteiger partial charge in [-0.25, -0.2) is 4.68 Å². The minimum Gasteiger partial charge on any atom is -0.322 e. The van der Waals surface area contributed by atoms with Crippen molar-refractivity contribution in [3.8, 4) is 0 Å². The van der Waals surface area contributed by atoms with Crippen LogP contribution in [0, 0.1) is 0 Å². The molecule has 2 rings (SSSR count). The van der Waals surface area contributed by atoms with E-state index in [1.807, 2.05) is 51.2 Å². The van der Waals surface area contributed by atoms with Gasteiger partial charge in [-0.05, 0) is 39.0 Å². The van der Waals surface area contributed by atoms with Crippen LogP contribution in [-0.2, 0) is 0 Å². The fourth-order valence-electron chi connectivity index (χ4n) is 2.25. The first-order valence-corrected chi connectivity index (χ1v) is 8.15. The summed E-state index contributed by atoms with van der Waals surface area (Å²) in [6.45, 7) is 9.56. The number of nitrogens with one attached hydrogen (secondary N) is 1. The number of nitrogens with zero attached hydrogens (tertiary/aromatic N) is 5. The molecule has 0 radical (unpaired) electrons. The summed E-state index contributed by atoms with van der Waals surface area (Å²) in [6.07, 6.45) is 17.4. The van der Waals surface area contributed by atoms with Crippen molar-refractivity contribution < 1.29 is 4.79 Å². The molecule has 0 aromatic carbocycles. The molecule has 7 heteroatoms. The summed E-state index contributed by atoms with van der Waals surface area (Å²) in [5.74, 6) is -0.289. The Morgan fingerprint density at radius 1 is 1.12 bits per heavy atom. The molecule has 0 saturated heterocycles. The molecule has 134 valence electrons. The van der Waals surface area contributed by atoms with E-state index in [9.17, 15) is 4.79 Å². The molecule has 2 heterocycles. The normalized spacial score (nSPS) is 12.5. The van der Waals surface area contributed by atoms with Crippen molar-refractivity contribution in [1.82, 2.24) is 30.1 Å². The summed E-state index contributed by atoms with van der Waals surface area (Å²) in [7, 11) is 0. The highest BCUT2D eigenvalue weighted by Crippen LogP contribution is 2.13. The van der Waals surface area contributed by atoms with Crippen molar-refractivity contribution in [1.29, 1.82) is 0 Å². The smallest absolute Gasteiger partial charge is 0.259 e. The molecule has 0 fully saturated rings. The molecular formula is C19H22N6O. The Morgan fingerprint density at radius 3 is 2.46 bits per heavy atom. The molecule has 0 atom stereocenters. The van der Waals surface area contributed by atoms with Gasteiger partial charge in [0.25, 0.3) is 5.91 Å². The highest BCUT2D eigenvalue weighted by Gasteiger charge is 2.15. The van der Waals surface area contributed by atoms with Crippen LogP contribution in [0.25, 0.3) is 18.0 Å². The monoisotopic (exact) mass is 350 g/mol. The maximum absolute atomic E-state index is 12.6. The third-order valence-corrected chi connectivity index (χ3v) is 3.28. The molecule has 2 aromatic heterocycles. The van der Waals surface area contributed by atoms with Crippen molar-refractivity contribution in [2.45, 2.75) is 20.8 Å². The number of hydrogen-bond acceptors (Lipinski definition) is 4. The maximum atomic E-state index is 12.6. The zero-order valence-electron chi connectivity index (χ0n) is 15.1. The van der Waals surface area contributed by atoms with Crippen molar-refractivity contribution in [2.24, 2.45) is 0 Å². The average molecular weight is 350 g/mol. The largest absolute Gasteiger partial charge is 0.322 e. The van der Waals surface area contributed by atoms with Crippen LogP contribution in [0.15, 0.2) is 61.2 Å². The van der Waals surface area contributed by atoms with Gasteiger partial charge in [-0.3, -0.25) is 4.79 Å². The third-order valence-electron chi connectivity index (χ3n) is 3.28. The molecule has 2 aromatic rings. The lowest BCUT2D eigenvalue weighted by molar-refractivity contribution is 0.0967. The highest BCUT2D eigenvalue weighted by atomic mass is 16.1. The molecule has 0 saturated carbocycles. The summed E-state index contributed by atoms with van der Waals surface area (Å²) in [5, 5.41) is 15.2. The lowest BCUT2D eigenvalue weighted by Gasteiger charge is -2.07. The first-order valence-electron chi connectivity index (χ1n) is 8.15. The number of amides is 1. The van der Waals surface area contributed by atoms with Crippen molar-refractivity contribution in [3.05, 3.63) is 72.5 Å². The fraction of sp³-hybridized carbons (Fsp3) is 0.158. The topological polar surface area (TPSA) is 77.6 Å². The van der Waals surface area contributed by atoms with E-state index < -0.39 is 0 Å². The van der Waals surface area contributed by atoms with Gasteiger partial charge in [-0.1, -0.05) is 24.8 Å². The Morgan fingerprint density at radius 2 is 1.85 bits per heavy atom. The highest BCUT2D eigenvalue weighted by molar-refractivity contribution is 5.98. The molecule has 7 nitrogen and oxygen atoms in total. The first-order chi connectivity index (χ1) is 12.6. The summed E-state index contributed by atoms with van der Waals surface area (Å²) < 4.78 is 1.65. The third kappa shape index (κ3) is 4.54. The summed E-state index contributed by atoms with van der Waals surface area (Å²) in [5.41, 5.74) is 2.26. The Kier molecular flexibility index (Phi) is 6.61. The van der Waals surface area contributed by atoms with E-state index in [0.717, 1.165) is 0 Å². The molecule has 1 N–H and O–H groups in total. The van der Waals surface area contributed by atoms with Crippen LogP contribution < -0.4 is 5.32 Å². The molecule has 0 unspecified atom stereocenters. The summed E-state index contributed by atoms with van der Waals surface area (Å²) in [4.78, 5) is 14.1. The Labute approximate surface area is 152 Å². The van der Waals surface area contributed by atoms with Gasteiger partial charge in [0.15, 0.2) is 0 Å². The van der Waals surface area contributed by atoms with Gasteiger partial charge in [0.1, 0.15) is 0 Å². The second kappa shape index (κ2) is 9.12. The number of allylic oxidation sites excluding steroid dienone is 6. The van der Waals surface area contributed by atoms with Crippen LogP contribution >= 0.6 is 0 Å². The van der Waals surface area contributed by atoms with Crippen molar-refractivity contribution >= 4 is 23.9 Å². The molecule has 0 aliphatic carbocycles. The van der Waals surface area contributed by atoms with Crippen LogP contribution in [0.3, 0.4) is 0 Å². The zero-order chi connectivity index (χ0) is 18.9. The van der Waals surface area contributed by atoms with E-state index in [1.165, 1.54) is 11.0 Å². The van der Waals surface area contributed by atoms with E-state index >= 15 is 0 Å². The lowest BCUT2D eigenvalue weighted by atomic mass is 10.2. The van der Waals surface area contributed by atoms with Crippen LogP contribution in [-0.4, -0.2) is 30.7 Å². The fourth-order valence-corrected chi connectivity index (χ4v) is 2.25. The molecule has 26 heavy (non-hydrogen) atoms. The number of rotatable bonds is 7. The Bertz CT molecular complexity index is 881. The quantitative estimate of drug-likeness (QED) is 0.777. The number of hydrogen-bond donors (Lipinski definition) is 1. The SMILES string of the molecule is C=C(/C=C(\C=C/C)n1nccn1)NC(=O)c1cnn(/C=C\C)c1/C=C\C. The molecule has 0 aliphatic rings. The average Bonchev–Trinajstić information content (AvgIpc) is 3.26. The standard InChI is InChI=1S/C19H22N6O/c1-5-8-16(25-20-10-11-21-25)13-15(4)23-19(26)17-14-22-24(12-7-3)18(17)9-6-2/h5-14H,4H2,1-3H3,(H,23,26)/b8-5-,9-6-,12-7-,16-13+. The Balaban J connectivity index is 2.24. The second-order valence-corrected chi connectivity index (χ2v) is 5.24. The van der Waals surface area contributed by atoms with Gasteiger partial charge < -0.3 is 5.32 Å². The van der Waals surface area contributed by atoms with Gasteiger partial charge in [-0.15, -0.1) is 0 Å². The van der Waals surface area contributed by atoms with E-state index in [2.05, 4.69) is 27.2 Å². The molecule has 0 bridgehead atoms. The van der Waals surface area contributed by atoms with E-state index in [1.54, 1.807) is 29.4 Å².